The number of hydrogen-bond donors (Lipinski definition) is 2. The summed E-state index contributed by atoms with van der Waals surface area (Å²) in [4.78, 5) is 11.3. The van der Waals surface area contributed by atoms with E-state index < -0.39 is 12.1 Å². The number of aliphatic hydroxyl groups is 1. The molecular weight excluding hydrogens is 224 g/mol. The lowest BCUT2D eigenvalue weighted by Crippen LogP contribution is -2.15. The maximum Gasteiger partial charge on any atom is 0.339 e. The van der Waals surface area contributed by atoms with Crippen LogP contribution >= 0.6 is 0 Å². The number of aromatic hydroxyl groups is 1. The van der Waals surface area contributed by atoms with Crippen LogP contribution in [0.2, 0.25) is 0 Å². The van der Waals surface area contributed by atoms with Gasteiger partial charge in [0.05, 0.1) is 13.2 Å². The highest BCUT2D eigenvalue weighted by Gasteiger charge is 2.19. The van der Waals surface area contributed by atoms with Crippen molar-refractivity contribution in [2.45, 2.75) is 19.6 Å². The fraction of sp³-hybridized carbons (Fsp3) is 0.417. The summed E-state index contributed by atoms with van der Waals surface area (Å²) >= 11 is 0. The van der Waals surface area contributed by atoms with Crippen molar-refractivity contribution in [2.75, 3.05) is 13.7 Å². The first-order valence-corrected chi connectivity index (χ1v) is 5.25. The first kappa shape index (κ1) is 13.5. The van der Waals surface area contributed by atoms with E-state index in [4.69, 9.17) is 4.74 Å². The zero-order valence-electron chi connectivity index (χ0n) is 9.84. The van der Waals surface area contributed by atoms with E-state index in [1.165, 1.54) is 13.2 Å². The van der Waals surface area contributed by atoms with Crippen LogP contribution in [0, 0.1) is 0 Å². The van der Waals surface area contributed by atoms with Gasteiger partial charge in [-0.1, -0.05) is 12.1 Å². The number of carbonyl (C=O) groups is 1. The Hall–Kier alpha value is -1.59. The number of rotatable bonds is 5. The molecule has 1 aromatic carbocycles. The lowest BCUT2D eigenvalue weighted by Gasteiger charge is -2.11. The molecule has 1 rings (SSSR count). The summed E-state index contributed by atoms with van der Waals surface area (Å²) in [6.07, 6.45) is -1.38. The summed E-state index contributed by atoms with van der Waals surface area (Å²) in [6, 6.07) is 4.47. The van der Waals surface area contributed by atoms with Crippen molar-refractivity contribution >= 4 is 5.97 Å². The molecule has 2 N–H and O–H groups in total. The van der Waals surface area contributed by atoms with Gasteiger partial charge < -0.3 is 19.7 Å². The topological polar surface area (TPSA) is 76.0 Å². The number of carbonyl (C=O) groups excluding carboxylic acids is 1. The number of phenols is 1. The average Bonchev–Trinajstić information content (AvgIpc) is 2.31. The zero-order valence-corrected chi connectivity index (χ0v) is 9.84. The third-order valence-corrected chi connectivity index (χ3v) is 2.23. The summed E-state index contributed by atoms with van der Waals surface area (Å²) in [5.41, 5.74) is 0.883. The molecule has 0 radical (unpaired) electrons. The van der Waals surface area contributed by atoms with Crippen molar-refractivity contribution in [2.24, 2.45) is 0 Å². The molecule has 0 spiro atoms. The lowest BCUT2D eigenvalue weighted by atomic mass is 10.1. The number of phenolic OH excluding ortho intramolecular Hbond substituents is 1. The molecule has 0 saturated carbocycles. The second-order valence-corrected chi connectivity index (χ2v) is 3.48. The standard InChI is InChI=1S/C12H16O5/c1-3-17-12(15)11(14)8-4-5-9(7-16-2)10(13)6-8/h4-6,11,13-14H,3,7H2,1-2H3. The van der Waals surface area contributed by atoms with Gasteiger partial charge >= 0.3 is 5.97 Å². The van der Waals surface area contributed by atoms with Crippen LogP contribution in [0.15, 0.2) is 18.2 Å². The highest BCUT2D eigenvalue weighted by atomic mass is 16.5. The molecule has 0 saturated heterocycles. The molecule has 0 heterocycles. The Kier molecular flexibility index (Phi) is 4.93. The van der Waals surface area contributed by atoms with E-state index in [1.807, 2.05) is 0 Å². The number of ether oxygens (including phenoxy) is 2. The third-order valence-electron chi connectivity index (χ3n) is 2.23. The van der Waals surface area contributed by atoms with E-state index in [0.717, 1.165) is 0 Å². The summed E-state index contributed by atoms with van der Waals surface area (Å²) in [5.74, 6) is -0.751. The van der Waals surface area contributed by atoms with Gasteiger partial charge in [0.2, 0.25) is 0 Å². The minimum atomic E-state index is -1.38. The summed E-state index contributed by atoms with van der Waals surface area (Å²) in [6.45, 7) is 2.12. The molecule has 1 aromatic rings. The van der Waals surface area contributed by atoms with Crippen molar-refractivity contribution in [3.05, 3.63) is 29.3 Å². The third kappa shape index (κ3) is 3.44. The maximum atomic E-state index is 11.3. The first-order chi connectivity index (χ1) is 8.10. The van der Waals surface area contributed by atoms with Gasteiger partial charge in [0.15, 0.2) is 6.10 Å². The van der Waals surface area contributed by atoms with Gasteiger partial charge in [0.1, 0.15) is 5.75 Å². The number of methoxy groups -OCH3 is 1. The molecule has 0 fully saturated rings. The molecule has 0 aromatic heterocycles. The minimum Gasteiger partial charge on any atom is -0.508 e. The van der Waals surface area contributed by atoms with Gasteiger partial charge in [-0.15, -0.1) is 0 Å². The van der Waals surface area contributed by atoms with Gasteiger partial charge in [0.25, 0.3) is 0 Å². The largest absolute Gasteiger partial charge is 0.508 e. The molecule has 1 unspecified atom stereocenters. The van der Waals surface area contributed by atoms with E-state index in [-0.39, 0.29) is 19.0 Å². The Bertz CT molecular complexity index is 388. The van der Waals surface area contributed by atoms with E-state index in [1.54, 1.807) is 19.1 Å². The number of aliphatic hydroxyl groups excluding tert-OH is 1. The van der Waals surface area contributed by atoms with E-state index in [9.17, 15) is 15.0 Å². The Morgan fingerprint density at radius 2 is 2.18 bits per heavy atom. The Labute approximate surface area is 99.6 Å². The van der Waals surface area contributed by atoms with Crippen molar-refractivity contribution < 1.29 is 24.5 Å². The fourth-order valence-corrected chi connectivity index (χ4v) is 1.39. The molecule has 0 aliphatic rings. The molecule has 0 amide bonds. The summed E-state index contributed by atoms with van der Waals surface area (Å²) < 4.78 is 9.56. The molecule has 0 bridgehead atoms. The predicted octanol–water partition coefficient (Wildman–Crippen LogP) is 1.14. The van der Waals surface area contributed by atoms with Gasteiger partial charge in [-0.25, -0.2) is 4.79 Å². The second kappa shape index (κ2) is 6.22. The molecule has 5 heteroatoms. The smallest absolute Gasteiger partial charge is 0.339 e. The van der Waals surface area contributed by atoms with Gasteiger partial charge in [0, 0.05) is 12.7 Å². The Morgan fingerprint density at radius 1 is 1.47 bits per heavy atom. The minimum absolute atomic E-state index is 0.0206. The van der Waals surface area contributed by atoms with Crippen molar-refractivity contribution in [1.82, 2.24) is 0 Å². The van der Waals surface area contributed by atoms with Gasteiger partial charge in [-0.05, 0) is 18.6 Å². The van der Waals surface area contributed by atoms with Crippen LogP contribution in [-0.4, -0.2) is 29.9 Å². The van der Waals surface area contributed by atoms with Crippen molar-refractivity contribution in [1.29, 1.82) is 0 Å². The highest BCUT2D eigenvalue weighted by molar-refractivity contribution is 5.76. The molecule has 0 aliphatic carbocycles. The molecule has 0 aliphatic heterocycles. The van der Waals surface area contributed by atoms with Crippen LogP contribution in [0.1, 0.15) is 24.2 Å². The van der Waals surface area contributed by atoms with E-state index >= 15 is 0 Å². The van der Waals surface area contributed by atoms with Gasteiger partial charge in [-0.3, -0.25) is 0 Å². The van der Waals surface area contributed by atoms with Crippen molar-refractivity contribution in [3.63, 3.8) is 0 Å². The summed E-state index contributed by atoms with van der Waals surface area (Å²) in [7, 11) is 1.51. The monoisotopic (exact) mass is 240 g/mol. The quantitative estimate of drug-likeness (QED) is 0.755. The van der Waals surface area contributed by atoms with Crippen LogP contribution in [0.3, 0.4) is 0 Å². The lowest BCUT2D eigenvalue weighted by molar-refractivity contribution is -0.153. The van der Waals surface area contributed by atoms with Gasteiger partial charge in [-0.2, -0.15) is 0 Å². The normalized spacial score (nSPS) is 12.2. The molecule has 17 heavy (non-hydrogen) atoms. The highest BCUT2D eigenvalue weighted by Crippen LogP contribution is 2.24. The van der Waals surface area contributed by atoms with Crippen LogP contribution in [0.5, 0.6) is 5.75 Å². The molecule has 5 nitrogen and oxygen atoms in total. The van der Waals surface area contributed by atoms with Crippen LogP contribution in [0.25, 0.3) is 0 Å². The van der Waals surface area contributed by atoms with Crippen LogP contribution in [-0.2, 0) is 20.9 Å². The number of esters is 1. The Morgan fingerprint density at radius 3 is 2.71 bits per heavy atom. The van der Waals surface area contributed by atoms with Crippen LogP contribution < -0.4 is 0 Å². The van der Waals surface area contributed by atoms with E-state index in [2.05, 4.69) is 4.74 Å². The average molecular weight is 240 g/mol. The second-order valence-electron chi connectivity index (χ2n) is 3.48. The van der Waals surface area contributed by atoms with Crippen LogP contribution in [0.4, 0.5) is 0 Å². The number of hydrogen-bond acceptors (Lipinski definition) is 5. The van der Waals surface area contributed by atoms with E-state index in [0.29, 0.717) is 11.1 Å². The zero-order chi connectivity index (χ0) is 12.8. The number of benzene rings is 1. The fourth-order valence-electron chi connectivity index (χ4n) is 1.39. The first-order valence-electron chi connectivity index (χ1n) is 5.25. The maximum absolute atomic E-state index is 11.3. The molecule has 1 atom stereocenters. The van der Waals surface area contributed by atoms with Crippen molar-refractivity contribution in [3.8, 4) is 5.75 Å². The predicted molar refractivity (Wildman–Crippen MR) is 60.4 cm³/mol. The summed E-state index contributed by atoms with van der Waals surface area (Å²) in [5, 5.41) is 19.3. The molecular formula is C12H16O5. The molecule has 94 valence electrons. The SMILES string of the molecule is CCOC(=O)C(O)c1ccc(COC)c(O)c1. The Balaban J connectivity index is 2.85.